The molecule has 2 nitrogen and oxygen atoms in total. The second kappa shape index (κ2) is 19.9. The molecular formula is C26H41NO. The van der Waals surface area contributed by atoms with Crippen LogP contribution in [0.4, 0.5) is 5.69 Å². The minimum atomic E-state index is 0.798. The van der Waals surface area contributed by atoms with E-state index in [1.54, 1.807) is 0 Å². The van der Waals surface area contributed by atoms with E-state index in [4.69, 9.17) is 4.84 Å². The number of anilines is 1. The number of benzene rings is 2. The summed E-state index contributed by atoms with van der Waals surface area (Å²) < 4.78 is 0. The zero-order valence-electron chi connectivity index (χ0n) is 18.0. The summed E-state index contributed by atoms with van der Waals surface area (Å²) in [5.74, 6) is 0. The van der Waals surface area contributed by atoms with Crippen molar-refractivity contribution in [3.05, 3.63) is 66.7 Å². The van der Waals surface area contributed by atoms with Crippen molar-refractivity contribution in [3.8, 4) is 0 Å². The third-order valence-corrected chi connectivity index (χ3v) is 4.73. The van der Waals surface area contributed by atoms with Crippen molar-refractivity contribution in [2.24, 2.45) is 0 Å². The van der Waals surface area contributed by atoms with Crippen molar-refractivity contribution < 1.29 is 4.84 Å². The standard InChI is InChI=1S/C20H35NO.C6H6/c1-2-3-4-5-6-7-8-9-10-11-12-16-19-22-21-20-17-14-13-15-18-20;1-2-4-6-5-3-1/h13-15,17-18,21H,2-12,16,19H2,1H3;1-6H. The fourth-order valence-electron chi connectivity index (χ4n) is 3.04. The highest BCUT2D eigenvalue weighted by atomic mass is 16.6. The van der Waals surface area contributed by atoms with Gasteiger partial charge in [-0.2, -0.15) is 0 Å². The van der Waals surface area contributed by atoms with Gasteiger partial charge in [0.05, 0.1) is 12.3 Å². The second-order valence-corrected chi connectivity index (χ2v) is 7.36. The molecule has 1 N–H and O–H groups in total. The predicted octanol–water partition coefficient (Wildman–Crippen LogP) is 8.42. The van der Waals surface area contributed by atoms with Crippen molar-refractivity contribution >= 4 is 5.69 Å². The number of nitrogens with one attached hydrogen (secondary N) is 1. The van der Waals surface area contributed by atoms with E-state index in [2.05, 4.69) is 12.4 Å². The highest BCUT2D eigenvalue weighted by Gasteiger charge is 1.94. The minimum absolute atomic E-state index is 0.798. The first-order valence-electron chi connectivity index (χ1n) is 11.4. The molecule has 0 spiro atoms. The van der Waals surface area contributed by atoms with Crippen LogP contribution in [-0.2, 0) is 4.84 Å². The first-order chi connectivity index (χ1) is 13.9. The second-order valence-electron chi connectivity index (χ2n) is 7.36. The van der Waals surface area contributed by atoms with Gasteiger partial charge in [-0.15, -0.1) is 0 Å². The quantitative estimate of drug-likeness (QED) is 0.246. The molecule has 0 amide bonds. The maximum atomic E-state index is 5.46. The summed E-state index contributed by atoms with van der Waals surface area (Å²) in [7, 11) is 0. The smallest absolute Gasteiger partial charge is 0.0746 e. The van der Waals surface area contributed by atoms with Crippen LogP contribution in [0.15, 0.2) is 66.7 Å². The molecule has 0 aliphatic carbocycles. The van der Waals surface area contributed by atoms with E-state index in [0.29, 0.717) is 0 Å². The molecule has 2 heteroatoms. The lowest BCUT2D eigenvalue weighted by atomic mass is 10.1. The van der Waals surface area contributed by atoms with Crippen molar-refractivity contribution in [2.45, 2.75) is 84.0 Å². The molecule has 0 aliphatic rings. The topological polar surface area (TPSA) is 21.3 Å². The van der Waals surface area contributed by atoms with E-state index in [9.17, 15) is 0 Å². The van der Waals surface area contributed by atoms with Gasteiger partial charge in [0.2, 0.25) is 0 Å². The maximum Gasteiger partial charge on any atom is 0.0746 e. The predicted molar refractivity (Wildman–Crippen MR) is 124 cm³/mol. The largest absolute Gasteiger partial charge is 0.276 e. The van der Waals surface area contributed by atoms with Crippen LogP contribution in [0.2, 0.25) is 0 Å². The molecule has 0 saturated carbocycles. The lowest BCUT2D eigenvalue weighted by molar-refractivity contribution is 0.187. The van der Waals surface area contributed by atoms with Crippen LogP contribution in [0.5, 0.6) is 0 Å². The Balaban J connectivity index is 0.000000552. The molecule has 2 aromatic carbocycles. The summed E-state index contributed by atoms with van der Waals surface area (Å²) >= 11 is 0. The van der Waals surface area contributed by atoms with Crippen molar-refractivity contribution in [1.82, 2.24) is 0 Å². The first-order valence-corrected chi connectivity index (χ1v) is 11.4. The summed E-state index contributed by atoms with van der Waals surface area (Å²) in [6.07, 6.45) is 16.6. The van der Waals surface area contributed by atoms with E-state index >= 15 is 0 Å². The summed E-state index contributed by atoms with van der Waals surface area (Å²) in [6.45, 7) is 3.08. The fourth-order valence-corrected chi connectivity index (χ4v) is 3.04. The van der Waals surface area contributed by atoms with Crippen LogP contribution in [-0.4, -0.2) is 6.61 Å². The third-order valence-electron chi connectivity index (χ3n) is 4.73. The van der Waals surface area contributed by atoms with Gasteiger partial charge in [-0.05, 0) is 18.6 Å². The Labute approximate surface area is 173 Å². The van der Waals surface area contributed by atoms with Gasteiger partial charge in [0.15, 0.2) is 0 Å². The Morgan fingerprint density at radius 3 is 1.39 bits per heavy atom. The van der Waals surface area contributed by atoms with Crippen molar-refractivity contribution in [2.75, 3.05) is 12.1 Å². The molecule has 2 rings (SSSR count). The van der Waals surface area contributed by atoms with Crippen LogP contribution < -0.4 is 5.48 Å². The van der Waals surface area contributed by atoms with Crippen molar-refractivity contribution in [1.29, 1.82) is 0 Å². The molecule has 0 aromatic heterocycles. The van der Waals surface area contributed by atoms with E-state index in [-0.39, 0.29) is 0 Å². The van der Waals surface area contributed by atoms with Gasteiger partial charge in [0.25, 0.3) is 0 Å². The summed E-state index contributed by atoms with van der Waals surface area (Å²) in [4.78, 5) is 5.46. The number of hydrogen-bond acceptors (Lipinski definition) is 2. The maximum absolute atomic E-state index is 5.46. The molecular weight excluding hydrogens is 342 g/mol. The summed E-state index contributed by atoms with van der Waals surface area (Å²) in [5, 5.41) is 0. The number of unbranched alkanes of at least 4 members (excludes halogenated alkanes) is 11. The van der Waals surface area contributed by atoms with Gasteiger partial charge in [0.1, 0.15) is 0 Å². The van der Waals surface area contributed by atoms with E-state index in [0.717, 1.165) is 18.7 Å². The normalized spacial score (nSPS) is 10.2. The van der Waals surface area contributed by atoms with Gasteiger partial charge in [0, 0.05) is 0 Å². The van der Waals surface area contributed by atoms with Crippen LogP contribution in [0, 0.1) is 0 Å². The lowest BCUT2D eigenvalue weighted by Gasteiger charge is -2.06. The Bertz CT molecular complexity index is 488. The molecule has 0 unspecified atom stereocenters. The number of rotatable bonds is 15. The molecule has 28 heavy (non-hydrogen) atoms. The zero-order chi connectivity index (χ0) is 20.0. The summed E-state index contributed by atoms with van der Waals surface area (Å²) in [5.41, 5.74) is 4.01. The Hall–Kier alpha value is -1.80. The van der Waals surface area contributed by atoms with Gasteiger partial charge < -0.3 is 0 Å². The van der Waals surface area contributed by atoms with Crippen molar-refractivity contribution in [3.63, 3.8) is 0 Å². The molecule has 0 radical (unpaired) electrons. The Morgan fingerprint density at radius 1 is 0.536 bits per heavy atom. The molecule has 156 valence electrons. The Kier molecular flexibility index (Phi) is 17.3. The highest BCUT2D eigenvalue weighted by molar-refractivity contribution is 5.39. The van der Waals surface area contributed by atoms with E-state index < -0.39 is 0 Å². The SMILES string of the molecule is CCCCCCCCCCCCCCONc1ccccc1.c1ccccc1. The molecule has 0 aliphatic heterocycles. The molecule has 0 atom stereocenters. The average Bonchev–Trinajstić information content (AvgIpc) is 2.76. The van der Waals surface area contributed by atoms with Gasteiger partial charge in [-0.3, -0.25) is 10.3 Å². The van der Waals surface area contributed by atoms with Crippen LogP contribution >= 0.6 is 0 Å². The number of para-hydroxylation sites is 1. The zero-order valence-corrected chi connectivity index (χ0v) is 18.0. The summed E-state index contributed by atoms with van der Waals surface area (Å²) in [6, 6.07) is 22.1. The Morgan fingerprint density at radius 2 is 0.929 bits per heavy atom. The highest BCUT2D eigenvalue weighted by Crippen LogP contribution is 2.12. The van der Waals surface area contributed by atoms with E-state index in [1.807, 2.05) is 66.7 Å². The van der Waals surface area contributed by atoms with E-state index in [1.165, 1.54) is 70.6 Å². The van der Waals surface area contributed by atoms with Crippen LogP contribution in [0.3, 0.4) is 0 Å². The first kappa shape index (κ1) is 24.2. The van der Waals surface area contributed by atoms with Gasteiger partial charge in [-0.25, -0.2) is 0 Å². The van der Waals surface area contributed by atoms with Crippen LogP contribution in [0.1, 0.15) is 84.0 Å². The molecule has 0 heterocycles. The minimum Gasteiger partial charge on any atom is -0.276 e. The molecule has 0 fully saturated rings. The fraction of sp³-hybridized carbons (Fsp3) is 0.538. The van der Waals surface area contributed by atoms with Crippen LogP contribution in [0.25, 0.3) is 0 Å². The monoisotopic (exact) mass is 383 g/mol. The number of hydrogen-bond donors (Lipinski definition) is 1. The molecule has 0 bridgehead atoms. The third kappa shape index (κ3) is 16.4. The molecule has 0 saturated heterocycles. The molecule has 2 aromatic rings. The lowest BCUT2D eigenvalue weighted by Crippen LogP contribution is -2.02. The van der Waals surface area contributed by atoms with Gasteiger partial charge >= 0.3 is 0 Å². The van der Waals surface area contributed by atoms with Gasteiger partial charge in [-0.1, -0.05) is 132 Å². The average molecular weight is 384 g/mol.